The maximum absolute atomic E-state index is 11.9. The van der Waals surface area contributed by atoms with Gasteiger partial charge in [0.1, 0.15) is 5.69 Å². The first-order chi connectivity index (χ1) is 11.5. The van der Waals surface area contributed by atoms with Gasteiger partial charge in [0.2, 0.25) is 5.89 Å². The molecule has 0 saturated heterocycles. The van der Waals surface area contributed by atoms with Crippen molar-refractivity contribution in [3.8, 4) is 11.5 Å². The summed E-state index contributed by atoms with van der Waals surface area (Å²) in [5, 5.41) is 7.81. The molecule has 0 unspecified atom stereocenters. The number of ether oxygens (including phenoxy) is 1. The van der Waals surface area contributed by atoms with Crippen molar-refractivity contribution >= 4 is 11.8 Å². The van der Waals surface area contributed by atoms with Crippen LogP contribution in [0.1, 0.15) is 39.2 Å². The van der Waals surface area contributed by atoms with Gasteiger partial charge in [-0.3, -0.25) is 4.79 Å². The lowest BCUT2D eigenvalue weighted by Crippen LogP contribution is -2.05. The third-order valence-electron chi connectivity index (χ3n) is 3.37. The van der Waals surface area contributed by atoms with E-state index in [1.165, 1.54) is 19.2 Å². The van der Waals surface area contributed by atoms with E-state index in [0.29, 0.717) is 11.5 Å². The van der Waals surface area contributed by atoms with Gasteiger partial charge in [-0.2, -0.15) is 0 Å². The number of rotatable bonds is 5. The van der Waals surface area contributed by atoms with E-state index in [1.54, 1.807) is 0 Å². The molecule has 0 atom stereocenters. The van der Waals surface area contributed by atoms with Crippen LogP contribution < -0.4 is 0 Å². The molecule has 2 heterocycles. The van der Waals surface area contributed by atoms with E-state index in [0.717, 1.165) is 11.1 Å². The molecule has 1 N–H and O–H groups in total. The fourth-order valence-electron chi connectivity index (χ4n) is 2.13. The van der Waals surface area contributed by atoms with Gasteiger partial charge in [-0.1, -0.05) is 17.7 Å². The van der Waals surface area contributed by atoms with E-state index in [2.05, 4.69) is 15.2 Å². The number of aryl methyl sites for hydroxylation is 1. The SMILES string of the molecule is CC(=O)c1c[nH]c(C(=O)OCc2nnc(-c3cccc(C)c3)o2)c1. The molecule has 24 heavy (non-hydrogen) atoms. The van der Waals surface area contributed by atoms with Gasteiger partial charge in [-0.05, 0) is 32.0 Å². The molecule has 3 rings (SSSR count). The van der Waals surface area contributed by atoms with E-state index >= 15 is 0 Å². The highest BCUT2D eigenvalue weighted by Crippen LogP contribution is 2.19. The number of Topliss-reactive ketones (excluding diaryl/α,β-unsaturated/α-hetero) is 1. The minimum Gasteiger partial charge on any atom is -0.451 e. The number of esters is 1. The Morgan fingerprint density at radius 3 is 2.79 bits per heavy atom. The number of hydrogen-bond acceptors (Lipinski definition) is 6. The van der Waals surface area contributed by atoms with E-state index in [-0.39, 0.29) is 24.0 Å². The molecule has 0 radical (unpaired) electrons. The second-order valence-corrected chi connectivity index (χ2v) is 5.30. The highest BCUT2D eigenvalue weighted by molar-refractivity contribution is 5.97. The molecule has 3 aromatic rings. The predicted molar refractivity (Wildman–Crippen MR) is 84.4 cm³/mol. The first-order valence-corrected chi connectivity index (χ1v) is 7.29. The molecule has 0 fully saturated rings. The quantitative estimate of drug-likeness (QED) is 0.572. The number of carbonyl (C=O) groups excluding carboxylic acids is 2. The summed E-state index contributed by atoms with van der Waals surface area (Å²) in [4.78, 5) is 25.8. The molecule has 7 heteroatoms. The summed E-state index contributed by atoms with van der Waals surface area (Å²) in [6.07, 6.45) is 1.46. The molecule has 0 aliphatic heterocycles. The second kappa shape index (κ2) is 6.49. The monoisotopic (exact) mass is 325 g/mol. The van der Waals surface area contributed by atoms with Gasteiger partial charge < -0.3 is 14.1 Å². The lowest BCUT2D eigenvalue weighted by atomic mass is 10.1. The largest absolute Gasteiger partial charge is 0.451 e. The molecular formula is C17H15N3O4. The molecule has 0 amide bonds. The van der Waals surface area contributed by atoms with Gasteiger partial charge in [0.25, 0.3) is 5.89 Å². The van der Waals surface area contributed by atoms with Crippen LogP contribution in [0.5, 0.6) is 0 Å². The molecule has 0 aliphatic rings. The van der Waals surface area contributed by atoms with Crippen molar-refractivity contribution in [2.75, 3.05) is 0 Å². The molecule has 122 valence electrons. The summed E-state index contributed by atoms with van der Waals surface area (Å²) < 4.78 is 10.6. The number of aromatic nitrogens is 3. The van der Waals surface area contributed by atoms with Crippen LogP contribution in [0.25, 0.3) is 11.5 Å². The van der Waals surface area contributed by atoms with Crippen LogP contribution >= 0.6 is 0 Å². The van der Waals surface area contributed by atoms with Crippen LogP contribution in [0.4, 0.5) is 0 Å². The summed E-state index contributed by atoms with van der Waals surface area (Å²) in [5.41, 5.74) is 2.49. The smallest absolute Gasteiger partial charge is 0.355 e. The summed E-state index contributed by atoms with van der Waals surface area (Å²) in [5.74, 6) is -0.176. The Balaban J connectivity index is 1.64. The van der Waals surface area contributed by atoms with E-state index < -0.39 is 5.97 Å². The minimum atomic E-state index is -0.599. The maximum atomic E-state index is 11.9. The van der Waals surface area contributed by atoms with Crippen molar-refractivity contribution in [3.05, 3.63) is 59.2 Å². The standard InChI is InChI=1S/C17H15N3O4/c1-10-4-3-5-12(6-10)16-20-19-15(24-16)9-23-17(22)14-7-13(8-18-14)11(2)21/h3-8,18H,9H2,1-2H3. The van der Waals surface area contributed by atoms with Crippen molar-refractivity contribution in [2.45, 2.75) is 20.5 Å². The second-order valence-electron chi connectivity index (χ2n) is 5.30. The normalized spacial score (nSPS) is 10.6. The van der Waals surface area contributed by atoms with Crippen molar-refractivity contribution in [2.24, 2.45) is 0 Å². The molecular weight excluding hydrogens is 310 g/mol. The molecule has 0 bridgehead atoms. The van der Waals surface area contributed by atoms with Gasteiger partial charge in [0, 0.05) is 17.3 Å². The van der Waals surface area contributed by atoms with Crippen LogP contribution in [0.2, 0.25) is 0 Å². The average molecular weight is 325 g/mol. The fraction of sp³-hybridized carbons (Fsp3) is 0.176. The Morgan fingerprint density at radius 2 is 2.08 bits per heavy atom. The number of ketones is 1. The molecule has 0 spiro atoms. The first-order valence-electron chi connectivity index (χ1n) is 7.29. The van der Waals surface area contributed by atoms with Crippen molar-refractivity contribution < 1.29 is 18.7 Å². The van der Waals surface area contributed by atoms with Gasteiger partial charge in [-0.15, -0.1) is 10.2 Å². The summed E-state index contributed by atoms with van der Waals surface area (Å²) >= 11 is 0. The number of aromatic amines is 1. The summed E-state index contributed by atoms with van der Waals surface area (Å²) in [6.45, 7) is 3.24. The maximum Gasteiger partial charge on any atom is 0.355 e. The minimum absolute atomic E-state index is 0.134. The van der Waals surface area contributed by atoms with Gasteiger partial charge in [0.05, 0.1) is 0 Å². The van der Waals surface area contributed by atoms with Crippen molar-refractivity contribution in [3.63, 3.8) is 0 Å². The Morgan fingerprint density at radius 1 is 1.25 bits per heavy atom. The van der Waals surface area contributed by atoms with Gasteiger partial charge in [-0.25, -0.2) is 4.79 Å². The Hall–Kier alpha value is -3.22. The van der Waals surface area contributed by atoms with Crippen LogP contribution in [0.3, 0.4) is 0 Å². The first kappa shape index (κ1) is 15.7. The van der Waals surface area contributed by atoms with Crippen LogP contribution in [-0.4, -0.2) is 26.9 Å². The zero-order chi connectivity index (χ0) is 17.1. The molecule has 7 nitrogen and oxygen atoms in total. The topological polar surface area (TPSA) is 98.1 Å². The lowest BCUT2D eigenvalue weighted by Gasteiger charge is -1.99. The Bertz CT molecular complexity index is 895. The third kappa shape index (κ3) is 3.40. The zero-order valence-corrected chi connectivity index (χ0v) is 13.2. The van der Waals surface area contributed by atoms with Crippen LogP contribution in [0.15, 0.2) is 40.9 Å². The van der Waals surface area contributed by atoms with Crippen molar-refractivity contribution in [1.29, 1.82) is 0 Å². The number of nitrogens with one attached hydrogen (secondary N) is 1. The highest BCUT2D eigenvalue weighted by Gasteiger charge is 2.15. The highest BCUT2D eigenvalue weighted by atomic mass is 16.5. The molecule has 1 aromatic carbocycles. The van der Waals surface area contributed by atoms with E-state index in [1.807, 2.05) is 31.2 Å². The van der Waals surface area contributed by atoms with Gasteiger partial charge in [0.15, 0.2) is 12.4 Å². The lowest BCUT2D eigenvalue weighted by molar-refractivity contribution is 0.0432. The number of nitrogens with zero attached hydrogens (tertiary/aromatic N) is 2. The van der Waals surface area contributed by atoms with Gasteiger partial charge >= 0.3 is 5.97 Å². The number of benzene rings is 1. The number of H-pyrrole nitrogens is 1. The zero-order valence-electron chi connectivity index (χ0n) is 13.2. The average Bonchev–Trinajstić information content (AvgIpc) is 3.22. The molecule has 0 aliphatic carbocycles. The van der Waals surface area contributed by atoms with E-state index in [9.17, 15) is 9.59 Å². The Kier molecular flexibility index (Phi) is 4.24. The molecule has 2 aromatic heterocycles. The Labute approximate surface area is 137 Å². The molecule has 0 saturated carbocycles. The number of hydrogen-bond donors (Lipinski definition) is 1. The van der Waals surface area contributed by atoms with Crippen molar-refractivity contribution in [1.82, 2.24) is 15.2 Å². The third-order valence-corrected chi connectivity index (χ3v) is 3.37. The predicted octanol–water partition coefficient (Wildman–Crippen LogP) is 2.93. The number of carbonyl (C=O) groups is 2. The summed E-state index contributed by atoms with van der Waals surface area (Å²) in [6, 6.07) is 9.08. The van der Waals surface area contributed by atoms with Crippen LogP contribution in [-0.2, 0) is 11.3 Å². The fourth-order valence-corrected chi connectivity index (χ4v) is 2.13. The van der Waals surface area contributed by atoms with E-state index in [4.69, 9.17) is 9.15 Å². The summed E-state index contributed by atoms with van der Waals surface area (Å²) in [7, 11) is 0. The van der Waals surface area contributed by atoms with Crippen LogP contribution in [0, 0.1) is 6.92 Å².